The van der Waals surface area contributed by atoms with Crippen LogP contribution >= 0.6 is 11.3 Å². The van der Waals surface area contributed by atoms with Crippen molar-refractivity contribution in [2.24, 2.45) is 11.3 Å². The van der Waals surface area contributed by atoms with E-state index in [9.17, 15) is 9.90 Å². The van der Waals surface area contributed by atoms with Crippen LogP contribution in [0.2, 0.25) is 0 Å². The largest absolute Gasteiger partial charge is 0.481 e. The van der Waals surface area contributed by atoms with Gasteiger partial charge in [-0.1, -0.05) is 33.3 Å². The number of carboxylic acids is 1. The van der Waals surface area contributed by atoms with Crippen LogP contribution in [0.25, 0.3) is 11.3 Å². The molecule has 3 atom stereocenters. The van der Waals surface area contributed by atoms with Crippen molar-refractivity contribution >= 4 is 17.3 Å². The lowest BCUT2D eigenvalue weighted by Crippen LogP contribution is -2.52. The number of aryl methyl sites for hydroxylation is 1. The Morgan fingerprint density at radius 2 is 2.07 bits per heavy atom. The van der Waals surface area contributed by atoms with Gasteiger partial charge >= 0.3 is 5.97 Å². The molecule has 0 saturated heterocycles. The first-order chi connectivity index (χ1) is 12.8. The van der Waals surface area contributed by atoms with Crippen molar-refractivity contribution in [2.75, 3.05) is 0 Å². The molecule has 3 nitrogen and oxygen atoms in total. The highest BCUT2D eigenvalue weighted by Gasteiger charge is 2.55. The molecule has 0 amide bonds. The van der Waals surface area contributed by atoms with Crippen LogP contribution in [-0.4, -0.2) is 16.1 Å². The Kier molecular flexibility index (Phi) is 4.45. The summed E-state index contributed by atoms with van der Waals surface area (Å²) in [6, 6.07) is 4.75. The van der Waals surface area contributed by atoms with Gasteiger partial charge < -0.3 is 5.11 Å². The number of hydrogen-bond acceptors (Lipinski definition) is 3. The Morgan fingerprint density at radius 3 is 2.70 bits per heavy atom. The van der Waals surface area contributed by atoms with E-state index in [1.54, 1.807) is 11.3 Å². The zero-order chi connectivity index (χ0) is 19.4. The van der Waals surface area contributed by atoms with Gasteiger partial charge in [0.05, 0.1) is 16.6 Å². The predicted octanol–water partition coefficient (Wildman–Crippen LogP) is 6.03. The minimum Gasteiger partial charge on any atom is -0.481 e. The van der Waals surface area contributed by atoms with Crippen LogP contribution in [0.1, 0.15) is 76.0 Å². The van der Waals surface area contributed by atoms with Crippen LogP contribution in [0.5, 0.6) is 0 Å². The van der Waals surface area contributed by atoms with Crippen molar-refractivity contribution in [3.63, 3.8) is 0 Å². The third kappa shape index (κ3) is 2.75. The van der Waals surface area contributed by atoms with E-state index >= 15 is 0 Å². The van der Waals surface area contributed by atoms with Crippen LogP contribution in [0.15, 0.2) is 23.0 Å². The Hall–Kier alpha value is -1.68. The average molecular weight is 384 g/mol. The van der Waals surface area contributed by atoms with Crippen LogP contribution < -0.4 is 0 Å². The fraction of sp³-hybridized carbons (Fsp3) is 0.565. The van der Waals surface area contributed by atoms with Gasteiger partial charge in [0.15, 0.2) is 0 Å². The lowest BCUT2D eigenvalue weighted by atomic mass is 9.49. The number of thiazole rings is 1. The molecule has 0 spiro atoms. The standard InChI is InChI=1S/C23H29NO2S/c1-14(2)16-10-15-6-7-20-22(3,8-5-9-23(20,4)21(25)26)18(15)11-17(16)19-12-27-13-24-19/h10-14,20H,5-9H2,1-4H3,(H,25,26)/t20-,22-,23-/m1/s1. The molecule has 2 aliphatic carbocycles. The number of hydrogen-bond donors (Lipinski definition) is 1. The Balaban J connectivity index is 1.90. The molecular formula is C23H29NO2S. The van der Waals surface area contributed by atoms with E-state index in [4.69, 9.17) is 0 Å². The Bertz CT molecular complexity index is 873. The fourth-order valence-corrected chi connectivity index (χ4v) is 6.39. The summed E-state index contributed by atoms with van der Waals surface area (Å²) in [4.78, 5) is 16.8. The van der Waals surface area contributed by atoms with Gasteiger partial charge in [0, 0.05) is 10.9 Å². The van der Waals surface area contributed by atoms with Gasteiger partial charge in [-0.2, -0.15) is 0 Å². The zero-order valence-electron chi connectivity index (χ0n) is 16.7. The number of fused-ring (bicyclic) bond motifs is 3. The molecule has 27 heavy (non-hydrogen) atoms. The van der Waals surface area contributed by atoms with Crippen molar-refractivity contribution in [1.29, 1.82) is 0 Å². The molecule has 0 aliphatic heterocycles. The molecule has 144 valence electrons. The minimum atomic E-state index is -0.625. The van der Waals surface area contributed by atoms with E-state index in [2.05, 4.69) is 43.3 Å². The first-order valence-corrected chi connectivity index (χ1v) is 11.0. The van der Waals surface area contributed by atoms with Gasteiger partial charge in [-0.25, -0.2) is 4.98 Å². The molecule has 1 aromatic heterocycles. The molecule has 1 N–H and O–H groups in total. The second-order valence-corrected chi connectivity index (χ2v) is 9.93. The van der Waals surface area contributed by atoms with E-state index in [1.807, 2.05) is 12.4 Å². The molecule has 1 fully saturated rings. The fourth-order valence-electron chi connectivity index (χ4n) is 5.84. The first kappa shape index (κ1) is 18.7. The highest BCUT2D eigenvalue weighted by atomic mass is 32.1. The molecule has 1 heterocycles. The zero-order valence-corrected chi connectivity index (χ0v) is 17.5. The molecule has 0 radical (unpaired) electrons. The summed E-state index contributed by atoms with van der Waals surface area (Å²) in [6.45, 7) is 8.78. The van der Waals surface area contributed by atoms with Crippen LogP contribution in [0.3, 0.4) is 0 Å². The average Bonchev–Trinajstić information content (AvgIpc) is 3.15. The quantitative estimate of drug-likeness (QED) is 0.704. The first-order valence-electron chi connectivity index (χ1n) is 10.1. The predicted molar refractivity (Wildman–Crippen MR) is 110 cm³/mol. The number of aliphatic carboxylic acids is 1. The SMILES string of the molecule is CC(C)c1cc2c(cc1-c1cscn1)[C@@]1(C)CCC[C@@](C)(C(=O)O)[C@@H]1CC2. The number of aromatic nitrogens is 1. The third-order valence-electron chi connectivity index (χ3n) is 7.34. The lowest BCUT2D eigenvalue weighted by molar-refractivity contribution is -0.157. The van der Waals surface area contributed by atoms with Gasteiger partial charge in [-0.05, 0) is 72.6 Å². The number of carbonyl (C=O) groups is 1. The van der Waals surface area contributed by atoms with Gasteiger partial charge in [0.2, 0.25) is 0 Å². The van der Waals surface area contributed by atoms with Gasteiger partial charge in [-0.3, -0.25) is 4.79 Å². The molecule has 4 rings (SSSR count). The van der Waals surface area contributed by atoms with E-state index in [0.717, 1.165) is 37.8 Å². The number of benzene rings is 1. The molecule has 0 bridgehead atoms. The Labute approximate surface area is 165 Å². The second kappa shape index (κ2) is 6.44. The molecule has 1 saturated carbocycles. The van der Waals surface area contributed by atoms with Crippen molar-refractivity contribution in [3.8, 4) is 11.3 Å². The molecular weight excluding hydrogens is 354 g/mol. The van der Waals surface area contributed by atoms with Gasteiger partial charge in [0.25, 0.3) is 0 Å². The van der Waals surface area contributed by atoms with Crippen LogP contribution in [-0.2, 0) is 16.6 Å². The van der Waals surface area contributed by atoms with Gasteiger partial charge in [-0.15, -0.1) is 11.3 Å². The highest BCUT2D eigenvalue weighted by Crippen LogP contribution is 2.58. The van der Waals surface area contributed by atoms with Crippen molar-refractivity contribution < 1.29 is 9.90 Å². The highest BCUT2D eigenvalue weighted by molar-refractivity contribution is 7.07. The Morgan fingerprint density at radius 1 is 1.30 bits per heavy atom. The summed E-state index contributed by atoms with van der Waals surface area (Å²) in [5.74, 6) is 0.00510. The molecule has 0 unspecified atom stereocenters. The summed E-state index contributed by atoms with van der Waals surface area (Å²) >= 11 is 1.63. The molecule has 4 heteroatoms. The summed E-state index contributed by atoms with van der Waals surface area (Å²) in [7, 11) is 0. The minimum absolute atomic E-state index is 0.0702. The molecule has 2 aliphatic rings. The number of rotatable bonds is 3. The van der Waals surface area contributed by atoms with Crippen molar-refractivity contribution in [3.05, 3.63) is 39.7 Å². The van der Waals surface area contributed by atoms with Crippen LogP contribution in [0, 0.1) is 11.3 Å². The van der Waals surface area contributed by atoms with Crippen LogP contribution in [0.4, 0.5) is 0 Å². The van der Waals surface area contributed by atoms with E-state index in [1.165, 1.54) is 22.3 Å². The second-order valence-electron chi connectivity index (χ2n) is 9.21. The topological polar surface area (TPSA) is 50.2 Å². The maximum atomic E-state index is 12.2. The smallest absolute Gasteiger partial charge is 0.309 e. The maximum Gasteiger partial charge on any atom is 0.309 e. The van der Waals surface area contributed by atoms with E-state index in [-0.39, 0.29) is 11.3 Å². The van der Waals surface area contributed by atoms with Gasteiger partial charge in [0.1, 0.15) is 0 Å². The number of nitrogens with zero attached hydrogens (tertiary/aromatic N) is 1. The summed E-state index contributed by atoms with van der Waals surface area (Å²) in [5, 5.41) is 12.1. The normalized spacial score (nSPS) is 30.0. The third-order valence-corrected chi connectivity index (χ3v) is 7.93. The number of carboxylic acid groups (broad SMARTS) is 1. The summed E-state index contributed by atoms with van der Waals surface area (Å²) in [6.07, 6.45) is 4.80. The monoisotopic (exact) mass is 383 g/mol. The van der Waals surface area contributed by atoms with E-state index < -0.39 is 11.4 Å². The summed E-state index contributed by atoms with van der Waals surface area (Å²) < 4.78 is 0. The lowest BCUT2D eigenvalue weighted by Gasteiger charge is -2.53. The van der Waals surface area contributed by atoms with Crippen molar-refractivity contribution in [2.45, 2.75) is 71.1 Å². The van der Waals surface area contributed by atoms with Crippen molar-refractivity contribution in [1.82, 2.24) is 4.98 Å². The maximum absolute atomic E-state index is 12.2. The van der Waals surface area contributed by atoms with E-state index in [0.29, 0.717) is 5.92 Å². The molecule has 1 aromatic carbocycles. The summed E-state index contributed by atoms with van der Waals surface area (Å²) in [5.41, 5.74) is 7.64. The molecule has 2 aromatic rings.